The van der Waals surface area contributed by atoms with E-state index in [1.165, 1.54) is 6.42 Å². The highest BCUT2D eigenvalue weighted by molar-refractivity contribution is 4.70. The lowest BCUT2D eigenvalue weighted by Gasteiger charge is -2.13. The predicted molar refractivity (Wildman–Crippen MR) is 45.8 cm³/mol. The van der Waals surface area contributed by atoms with Crippen LogP contribution in [0.1, 0.15) is 6.42 Å². The second-order valence-corrected chi connectivity index (χ2v) is 3.32. The number of nitrogens with one attached hydrogen (secondary N) is 1. The van der Waals surface area contributed by atoms with Gasteiger partial charge in [-0.3, -0.25) is 0 Å². The summed E-state index contributed by atoms with van der Waals surface area (Å²) in [5.74, 6) is 0. The number of rotatable bonds is 4. The van der Waals surface area contributed by atoms with Gasteiger partial charge in [-0.15, -0.1) is 0 Å². The highest BCUT2D eigenvalue weighted by Gasteiger charge is 2.13. The van der Waals surface area contributed by atoms with Gasteiger partial charge in [0, 0.05) is 25.7 Å². The van der Waals surface area contributed by atoms with E-state index in [-0.39, 0.29) is 0 Å². The first-order valence-corrected chi connectivity index (χ1v) is 4.25. The van der Waals surface area contributed by atoms with Crippen LogP contribution in [0.2, 0.25) is 0 Å². The van der Waals surface area contributed by atoms with Crippen molar-refractivity contribution >= 4 is 0 Å². The lowest BCUT2D eigenvalue weighted by atomic mass is 10.2. The Balaban J connectivity index is 1.94. The van der Waals surface area contributed by atoms with E-state index in [1.54, 1.807) is 0 Å². The van der Waals surface area contributed by atoms with Crippen molar-refractivity contribution in [3.05, 3.63) is 0 Å². The first-order chi connectivity index (χ1) is 5.29. The van der Waals surface area contributed by atoms with Gasteiger partial charge in [0.2, 0.25) is 0 Å². The highest BCUT2D eigenvalue weighted by atomic mass is 16.5. The molecule has 66 valence electrons. The molecule has 0 saturated carbocycles. The van der Waals surface area contributed by atoms with Crippen LogP contribution in [-0.2, 0) is 4.74 Å². The zero-order valence-corrected chi connectivity index (χ0v) is 7.47. The Kier molecular flexibility index (Phi) is 3.83. The first-order valence-electron chi connectivity index (χ1n) is 4.25. The molecule has 0 aromatic heterocycles. The number of nitrogens with zero attached hydrogens (tertiary/aromatic N) is 1. The van der Waals surface area contributed by atoms with Crippen LogP contribution >= 0.6 is 0 Å². The van der Waals surface area contributed by atoms with Crippen molar-refractivity contribution in [2.75, 3.05) is 40.4 Å². The van der Waals surface area contributed by atoms with Gasteiger partial charge in [0.15, 0.2) is 0 Å². The van der Waals surface area contributed by atoms with Crippen molar-refractivity contribution in [2.45, 2.75) is 12.5 Å². The largest absolute Gasteiger partial charge is 0.380 e. The average molecular weight is 158 g/mol. The second-order valence-electron chi connectivity index (χ2n) is 3.32. The zero-order valence-electron chi connectivity index (χ0n) is 7.47. The minimum atomic E-state index is 0.606. The molecule has 1 heterocycles. The van der Waals surface area contributed by atoms with Gasteiger partial charge in [0.25, 0.3) is 0 Å². The Hall–Kier alpha value is -0.120. The second kappa shape index (κ2) is 4.70. The standard InChI is InChI=1S/C8H18N2O/c1-10(2)5-4-9-8-3-6-11-7-8/h8-9H,3-7H2,1-2H3. The molecule has 3 heteroatoms. The Morgan fingerprint density at radius 1 is 1.55 bits per heavy atom. The van der Waals surface area contributed by atoms with E-state index < -0.39 is 0 Å². The Morgan fingerprint density at radius 2 is 2.36 bits per heavy atom. The molecule has 1 unspecified atom stereocenters. The molecular formula is C8H18N2O. The lowest BCUT2D eigenvalue weighted by Crippen LogP contribution is -2.34. The van der Waals surface area contributed by atoms with Crippen molar-refractivity contribution < 1.29 is 4.74 Å². The van der Waals surface area contributed by atoms with E-state index in [9.17, 15) is 0 Å². The molecule has 0 aromatic rings. The summed E-state index contributed by atoms with van der Waals surface area (Å²) < 4.78 is 5.24. The summed E-state index contributed by atoms with van der Waals surface area (Å²) >= 11 is 0. The van der Waals surface area contributed by atoms with Crippen molar-refractivity contribution in [1.82, 2.24) is 10.2 Å². The molecule has 0 amide bonds. The molecule has 0 bridgehead atoms. The highest BCUT2D eigenvalue weighted by Crippen LogP contribution is 2.02. The third-order valence-electron chi connectivity index (χ3n) is 1.92. The van der Waals surface area contributed by atoms with Gasteiger partial charge in [-0.05, 0) is 20.5 Å². The summed E-state index contributed by atoms with van der Waals surface area (Å²) in [5.41, 5.74) is 0. The van der Waals surface area contributed by atoms with E-state index >= 15 is 0 Å². The number of hydrogen-bond donors (Lipinski definition) is 1. The maximum absolute atomic E-state index is 5.24. The average Bonchev–Trinajstić information content (AvgIpc) is 2.39. The topological polar surface area (TPSA) is 24.5 Å². The molecule has 11 heavy (non-hydrogen) atoms. The van der Waals surface area contributed by atoms with Crippen molar-refractivity contribution in [3.8, 4) is 0 Å². The third-order valence-corrected chi connectivity index (χ3v) is 1.92. The minimum Gasteiger partial charge on any atom is -0.380 e. The molecule has 0 radical (unpaired) electrons. The normalized spacial score (nSPS) is 24.8. The molecule has 1 N–H and O–H groups in total. The van der Waals surface area contributed by atoms with Crippen LogP contribution in [0.3, 0.4) is 0 Å². The van der Waals surface area contributed by atoms with Crippen molar-refractivity contribution in [3.63, 3.8) is 0 Å². The third kappa shape index (κ3) is 3.70. The van der Waals surface area contributed by atoms with E-state index in [2.05, 4.69) is 24.3 Å². The molecule has 1 fully saturated rings. The van der Waals surface area contributed by atoms with Gasteiger partial charge in [0.1, 0.15) is 0 Å². The van der Waals surface area contributed by atoms with Crippen LogP contribution in [-0.4, -0.2) is 51.3 Å². The number of hydrogen-bond acceptors (Lipinski definition) is 3. The van der Waals surface area contributed by atoms with Crippen LogP contribution in [0.15, 0.2) is 0 Å². The summed E-state index contributed by atoms with van der Waals surface area (Å²) in [6.45, 7) is 4.00. The monoisotopic (exact) mass is 158 g/mol. The molecule has 0 aromatic carbocycles. The van der Waals surface area contributed by atoms with E-state index in [1.807, 2.05) is 0 Å². The number of likely N-dealkylation sites (N-methyl/N-ethyl adjacent to an activating group) is 1. The van der Waals surface area contributed by atoms with Crippen LogP contribution in [0, 0.1) is 0 Å². The van der Waals surface area contributed by atoms with Crippen molar-refractivity contribution in [2.24, 2.45) is 0 Å². The molecule has 0 aliphatic carbocycles. The van der Waals surface area contributed by atoms with E-state index in [4.69, 9.17) is 4.74 Å². The molecule has 1 aliphatic heterocycles. The van der Waals surface area contributed by atoms with Crippen LogP contribution < -0.4 is 5.32 Å². The SMILES string of the molecule is CN(C)CCNC1CCOC1. The van der Waals surface area contributed by atoms with Gasteiger partial charge in [-0.1, -0.05) is 0 Å². The summed E-state index contributed by atoms with van der Waals surface area (Å²) in [7, 11) is 4.18. The molecule has 1 aliphatic rings. The fourth-order valence-corrected chi connectivity index (χ4v) is 1.19. The molecule has 1 atom stereocenters. The van der Waals surface area contributed by atoms with Crippen LogP contribution in [0.5, 0.6) is 0 Å². The van der Waals surface area contributed by atoms with Gasteiger partial charge in [-0.2, -0.15) is 0 Å². The summed E-state index contributed by atoms with van der Waals surface area (Å²) in [6.07, 6.45) is 1.17. The molecule has 1 rings (SSSR count). The maximum atomic E-state index is 5.24. The van der Waals surface area contributed by atoms with Crippen LogP contribution in [0.25, 0.3) is 0 Å². The van der Waals surface area contributed by atoms with Gasteiger partial charge < -0.3 is 15.0 Å². The van der Waals surface area contributed by atoms with Crippen LogP contribution in [0.4, 0.5) is 0 Å². The predicted octanol–water partition coefficient (Wildman–Crippen LogP) is -0.0735. The quantitative estimate of drug-likeness (QED) is 0.619. The molecular weight excluding hydrogens is 140 g/mol. The summed E-state index contributed by atoms with van der Waals surface area (Å²) in [4.78, 5) is 2.18. The number of ether oxygens (including phenoxy) is 1. The molecule has 3 nitrogen and oxygen atoms in total. The Morgan fingerprint density at radius 3 is 2.91 bits per heavy atom. The summed E-state index contributed by atoms with van der Waals surface area (Å²) in [6, 6.07) is 0.606. The molecule has 1 saturated heterocycles. The van der Waals surface area contributed by atoms with Gasteiger partial charge in [0.05, 0.1) is 6.61 Å². The smallest absolute Gasteiger partial charge is 0.0620 e. The van der Waals surface area contributed by atoms with E-state index in [0.29, 0.717) is 6.04 Å². The van der Waals surface area contributed by atoms with E-state index in [0.717, 1.165) is 26.3 Å². The Bertz CT molecular complexity index is 100. The zero-order chi connectivity index (χ0) is 8.10. The summed E-state index contributed by atoms with van der Waals surface area (Å²) in [5, 5.41) is 3.45. The fraction of sp³-hybridized carbons (Fsp3) is 1.00. The maximum Gasteiger partial charge on any atom is 0.0620 e. The lowest BCUT2D eigenvalue weighted by molar-refractivity contribution is 0.189. The molecule has 0 spiro atoms. The fourth-order valence-electron chi connectivity index (χ4n) is 1.19. The van der Waals surface area contributed by atoms with Gasteiger partial charge >= 0.3 is 0 Å². The minimum absolute atomic E-state index is 0.606. The first kappa shape index (κ1) is 8.97. The van der Waals surface area contributed by atoms with Crippen molar-refractivity contribution in [1.29, 1.82) is 0 Å². The van der Waals surface area contributed by atoms with Gasteiger partial charge in [-0.25, -0.2) is 0 Å². The Labute approximate surface area is 68.7 Å².